The van der Waals surface area contributed by atoms with E-state index in [1.165, 1.54) is 17.3 Å². The predicted octanol–water partition coefficient (Wildman–Crippen LogP) is 3.01. The molecule has 11 heteroatoms. The van der Waals surface area contributed by atoms with E-state index in [0.717, 1.165) is 11.3 Å². The van der Waals surface area contributed by atoms with Crippen LogP contribution in [0.4, 0.5) is 8.78 Å². The molecule has 0 aromatic carbocycles. The van der Waals surface area contributed by atoms with Gasteiger partial charge in [-0.05, 0) is 0 Å². The van der Waals surface area contributed by atoms with Crippen molar-refractivity contribution in [2.45, 2.75) is 19.5 Å². The zero-order valence-corrected chi connectivity index (χ0v) is 15.2. The van der Waals surface area contributed by atoms with Crippen molar-refractivity contribution in [2.75, 3.05) is 13.2 Å². The lowest BCUT2D eigenvalue weighted by atomic mass is 10.0. The molecular formula is C16H13Cl2F2N5O2. The number of aliphatic hydroxyl groups excluding tert-OH is 1. The lowest BCUT2D eigenvalue weighted by molar-refractivity contribution is -0.135. The molecule has 0 bridgehead atoms. The molecule has 0 unspecified atom stereocenters. The molecule has 2 N–H and O–H groups in total. The first-order valence-electron chi connectivity index (χ1n) is 8.00. The van der Waals surface area contributed by atoms with Crippen molar-refractivity contribution in [1.82, 2.24) is 24.6 Å². The maximum Gasteiger partial charge on any atom is 0.333 e. The Bertz CT molecular complexity index is 1050. The van der Waals surface area contributed by atoms with Gasteiger partial charge in [-0.3, -0.25) is 4.79 Å². The summed E-state index contributed by atoms with van der Waals surface area (Å²) in [5.74, 6) is -0.393. The summed E-state index contributed by atoms with van der Waals surface area (Å²) in [4.78, 5) is 20.9. The lowest BCUT2D eigenvalue weighted by Gasteiger charge is -2.26. The van der Waals surface area contributed by atoms with Crippen molar-refractivity contribution in [3.8, 4) is 11.3 Å². The van der Waals surface area contributed by atoms with Crippen LogP contribution in [0.1, 0.15) is 17.8 Å². The smallest absolute Gasteiger partial charge is 0.333 e. The first kappa shape index (κ1) is 18.1. The predicted molar refractivity (Wildman–Crippen MR) is 94.8 cm³/mol. The first-order valence-corrected chi connectivity index (χ1v) is 8.76. The molecular weight excluding hydrogens is 403 g/mol. The second-order valence-corrected chi connectivity index (χ2v) is 6.84. The second kappa shape index (κ2) is 6.74. The van der Waals surface area contributed by atoms with Gasteiger partial charge in [-0.2, -0.15) is 13.9 Å². The molecule has 0 saturated heterocycles. The van der Waals surface area contributed by atoms with Gasteiger partial charge in [0.1, 0.15) is 11.6 Å². The molecule has 7 nitrogen and oxygen atoms in total. The van der Waals surface area contributed by atoms with Crippen LogP contribution >= 0.6 is 23.2 Å². The molecule has 142 valence electrons. The van der Waals surface area contributed by atoms with E-state index in [4.69, 9.17) is 28.3 Å². The van der Waals surface area contributed by atoms with Crippen molar-refractivity contribution in [3.63, 3.8) is 0 Å². The Morgan fingerprint density at radius 2 is 2.19 bits per heavy atom. The van der Waals surface area contributed by atoms with E-state index in [0.29, 0.717) is 39.8 Å². The maximum atomic E-state index is 12.9. The highest BCUT2D eigenvalue weighted by molar-refractivity contribution is 6.44. The zero-order valence-electron chi connectivity index (χ0n) is 13.7. The third kappa shape index (κ3) is 2.95. The van der Waals surface area contributed by atoms with Crippen LogP contribution in [0.5, 0.6) is 0 Å². The van der Waals surface area contributed by atoms with E-state index in [-0.39, 0.29) is 16.7 Å². The number of aromatic amines is 1. The Kier molecular flexibility index (Phi) is 4.53. The van der Waals surface area contributed by atoms with Crippen LogP contribution in [0.25, 0.3) is 22.2 Å². The molecule has 1 amide bonds. The Hall–Kier alpha value is -2.23. The number of carbonyl (C=O) groups is 1. The number of carbonyl (C=O) groups excluding carboxylic acids is 1. The largest absolute Gasteiger partial charge is 0.387 e. The van der Waals surface area contributed by atoms with E-state index < -0.39 is 19.1 Å². The summed E-state index contributed by atoms with van der Waals surface area (Å²) in [5.41, 5.74) is 2.86. The Labute approximate surface area is 161 Å². The average Bonchev–Trinajstić information content (AvgIpc) is 3.29. The van der Waals surface area contributed by atoms with Crippen LogP contribution in [-0.2, 0) is 17.8 Å². The summed E-state index contributed by atoms with van der Waals surface area (Å²) < 4.78 is 26.3. The average molecular weight is 416 g/mol. The van der Waals surface area contributed by atoms with E-state index >= 15 is 0 Å². The van der Waals surface area contributed by atoms with Gasteiger partial charge in [-0.25, -0.2) is 9.67 Å². The van der Waals surface area contributed by atoms with Crippen molar-refractivity contribution >= 4 is 40.0 Å². The highest BCUT2D eigenvalue weighted by Gasteiger charge is 2.28. The van der Waals surface area contributed by atoms with E-state index in [9.17, 15) is 13.6 Å². The number of hydrogen-bond acceptors (Lipinski definition) is 4. The van der Waals surface area contributed by atoms with E-state index in [2.05, 4.69) is 15.1 Å². The third-order valence-electron chi connectivity index (χ3n) is 4.58. The normalized spacial score (nSPS) is 14.2. The van der Waals surface area contributed by atoms with Gasteiger partial charge in [-0.15, -0.1) is 0 Å². The summed E-state index contributed by atoms with van der Waals surface area (Å²) in [6.07, 6.45) is 2.98. The van der Waals surface area contributed by atoms with Crippen LogP contribution in [0.15, 0.2) is 12.4 Å². The fourth-order valence-corrected chi connectivity index (χ4v) is 3.68. The number of nitrogens with one attached hydrogen (secondary N) is 1. The highest BCUT2D eigenvalue weighted by atomic mass is 35.5. The molecule has 4 heterocycles. The van der Waals surface area contributed by atoms with Crippen LogP contribution in [-0.4, -0.2) is 48.8 Å². The number of H-pyrrole nitrogens is 1. The Balaban J connectivity index is 1.93. The number of hydrogen-bond donors (Lipinski definition) is 2. The third-order valence-corrected chi connectivity index (χ3v) is 5.32. The second-order valence-electron chi connectivity index (χ2n) is 6.11. The molecule has 1 aliphatic rings. The van der Waals surface area contributed by atoms with Crippen LogP contribution in [0.2, 0.25) is 10.2 Å². The lowest BCUT2D eigenvalue weighted by Crippen LogP contribution is -2.37. The molecule has 27 heavy (non-hydrogen) atoms. The molecule has 4 rings (SSSR count). The SMILES string of the molecule is O=C(CO)N1CCc2[nH]c3c(Cl)c(Cl)nc(-c4cnn(C(F)F)c4)c3c2C1. The van der Waals surface area contributed by atoms with Crippen LogP contribution in [0.3, 0.4) is 0 Å². The quantitative estimate of drug-likeness (QED) is 0.643. The number of aromatic nitrogens is 4. The van der Waals surface area contributed by atoms with Gasteiger partial charge in [-0.1, -0.05) is 23.2 Å². The summed E-state index contributed by atoms with van der Waals surface area (Å²) in [5, 5.41) is 13.6. The topological polar surface area (TPSA) is 87.0 Å². The van der Waals surface area contributed by atoms with Crippen molar-refractivity contribution in [1.29, 1.82) is 0 Å². The van der Waals surface area contributed by atoms with Gasteiger partial charge in [0.05, 0.1) is 17.4 Å². The maximum absolute atomic E-state index is 12.9. The van der Waals surface area contributed by atoms with Crippen molar-refractivity contribution in [3.05, 3.63) is 33.8 Å². The van der Waals surface area contributed by atoms with Gasteiger partial charge in [0.25, 0.3) is 0 Å². The Morgan fingerprint density at radius 1 is 1.41 bits per heavy atom. The number of halogens is 4. The zero-order chi connectivity index (χ0) is 19.3. The molecule has 0 saturated carbocycles. The summed E-state index contributed by atoms with van der Waals surface area (Å²) >= 11 is 12.4. The molecule has 1 aliphatic heterocycles. The summed E-state index contributed by atoms with van der Waals surface area (Å²) in [7, 11) is 0. The van der Waals surface area contributed by atoms with Gasteiger partial charge < -0.3 is 15.0 Å². The number of fused-ring (bicyclic) bond motifs is 3. The number of aliphatic hydroxyl groups is 1. The summed E-state index contributed by atoms with van der Waals surface area (Å²) in [6.45, 7) is -2.69. The molecule has 0 spiro atoms. The molecule has 0 atom stereocenters. The van der Waals surface area contributed by atoms with Gasteiger partial charge in [0, 0.05) is 47.9 Å². The Morgan fingerprint density at radius 3 is 2.85 bits per heavy atom. The number of rotatable bonds is 3. The molecule has 3 aromatic rings. The van der Waals surface area contributed by atoms with Gasteiger partial charge in [0.2, 0.25) is 5.91 Å². The molecule has 0 aliphatic carbocycles. The standard InChI is InChI=1S/C16H13Cl2F2N5O2/c17-12-14-11(8-5-24(10(27)6-26)2-1-9(8)22-14)13(23-15(12)18)7-3-21-25(4-7)16(19)20/h3-4,16,22,26H,1-2,5-6H2. The summed E-state index contributed by atoms with van der Waals surface area (Å²) in [6, 6.07) is 0. The fraction of sp³-hybridized carbons (Fsp3) is 0.312. The minimum absolute atomic E-state index is 0.0332. The van der Waals surface area contributed by atoms with Crippen molar-refractivity contribution < 1.29 is 18.7 Å². The number of pyridine rings is 1. The van der Waals surface area contributed by atoms with Gasteiger partial charge in [0.15, 0.2) is 5.15 Å². The van der Waals surface area contributed by atoms with Crippen molar-refractivity contribution in [2.24, 2.45) is 0 Å². The van der Waals surface area contributed by atoms with Crippen LogP contribution < -0.4 is 0 Å². The fourth-order valence-electron chi connectivity index (χ4n) is 3.32. The van der Waals surface area contributed by atoms with E-state index in [1.54, 1.807) is 0 Å². The first-order chi connectivity index (χ1) is 12.9. The number of amides is 1. The molecule has 0 radical (unpaired) electrons. The molecule has 0 fully saturated rings. The number of nitrogens with zero attached hydrogens (tertiary/aromatic N) is 4. The minimum Gasteiger partial charge on any atom is -0.387 e. The minimum atomic E-state index is -2.78. The van der Waals surface area contributed by atoms with Crippen LogP contribution in [0, 0.1) is 0 Å². The van der Waals surface area contributed by atoms with Gasteiger partial charge >= 0.3 is 6.55 Å². The molecule has 3 aromatic heterocycles. The number of alkyl halides is 2. The monoisotopic (exact) mass is 415 g/mol. The highest BCUT2D eigenvalue weighted by Crippen LogP contribution is 2.40. The van der Waals surface area contributed by atoms with E-state index in [1.807, 2.05) is 0 Å².